The SMILES string of the molecule is CC(C)c1ccc(OCc2ccc(CN)cc2Cl)cc1. The van der Waals surface area contributed by atoms with Crippen LogP contribution in [-0.2, 0) is 13.2 Å². The van der Waals surface area contributed by atoms with E-state index in [0.717, 1.165) is 16.9 Å². The van der Waals surface area contributed by atoms with E-state index in [1.807, 2.05) is 30.3 Å². The molecule has 0 aliphatic carbocycles. The predicted octanol–water partition coefficient (Wildman–Crippen LogP) is 4.50. The van der Waals surface area contributed by atoms with E-state index in [2.05, 4.69) is 26.0 Å². The van der Waals surface area contributed by atoms with Gasteiger partial charge < -0.3 is 10.5 Å². The molecule has 0 bridgehead atoms. The highest BCUT2D eigenvalue weighted by molar-refractivity contribution is 6.31. The van der Waals surface area contributed by atoms with E-state index in [1.165, 1.54) is 5.56 Å². The van der Waals surface area contributed by atoms with Crippen LogP contribution in [0.3, 0.4) is 0 Å². The maximum atomic E-state index is 6.21. The minimum atomic E-state index is 0.463. The molecule has 2 aromatic carbocycles. The Kier molecular flexibility index (Phi) is 5.05. The van der Waals surface area contributed by atoms with Gasteiger partial charge in [0.05, 0.1) is 0 Å². The number of halogens is 1. The highest BCUT2D eigenvalue weighted by atomic mass is 35.5. The zero-order chi connectivity index (χ0) is 14.5. The van der Waals surface area contributed by atoms with Crippen LogP contribution in [0.2, 0.25) is 5.02 Å². The van der Waals surface area contributed by atoms with Gasteiger partial charge in [-0.3, -0.25) is 0 Å². The molecule has 0 radical (unpaired) electrons. The molecule has 3 heteroatoms. The van der Waals surface area contributed by atoms with Gasteiger partial charge >= 0.3 is 0 Å². The molecule has 2 aromatic rings. The highest BCUT2D eigenvalue weighted by Crippen LogP contribution is 2.22. The molecule has 106 valence electrons. The first-order valence-corrected chi connectivity index (χ1v) is 7.18. The van der Waals surface area contributed by atoms with Crippen LogP contribution in [0, 0.1) is 0 Å². The smallest absolute Gasteiger partial charge is 0.119 e. The molecule has 2 N–H and O–H groups in total. The van der Waals surface area contributed by atoms with Gasteiger partial charge in [-0.05, 0) is 35.2 Å². The molecule has 0 atom stereocenters. The molecule has 0 aliphatic heterocycles. The number of ether oxygens (including phenoxy) is 1. The third-order valence-electron chi connectivity index (χ3n) is 3.29. The van der Waals surface area contributed by atoms with E-state index in [-0.39, 0.29) is 0 Å². The minimum Gasteiger partial charge on any atom is -0.489 e. The Hall–Kier alpha value is -1.51. The van der Waals surface area contributed by atoms with Crippen LogP contribution >= 0.6 is 11.6 Å². The van der Waals surface area contributed by atoms with Crippen molar-refractivity contribution in [3.63, 3.8) is 0 Å². The standard InChI is InChI=1S/C17H20ClNO/c1-12(2)14-5-7-16(8-6-14)20-11-15-4-3-13(10-19)9-17(15)18/h3-9,12H,10-11,19H2,1-2H3. The molecule has 0 saturated heterocycles. The first-order chi connectivity index (χ1) is 9.60. The van der Waals surface area contributed by atoms with Crippen LogP contribution in [-0.4, -0.2) is 0 Å². The lowest BCUT2D eigenvalue weighted by molar-refractivity contribution is 0.306. The van der Waals surface area contributed by atoms with E-state index in [4.69, 9.17) is 22.1 Å². The van der Waals surface area contributed by atoms with Crippen LogP contribution in [0.5, 0.6) is 5.75 Å². The third kappa shape index (κ3) is 3.75. The summed E-state index contributed by atoms with van der Waals surface area (Å²) in [5.74, 6) is 1.38. The average molecular weight is 290 g/mol. The number of hydrogen-bond acceptors (Lipinski definition) is 2. The fraction of sp³-hybridized carbons (Fsp3) is 0.294. The van der Waals surface area contributed by atoms with Crippen molar-refractivity contribution in [2.24, 2.45) is 5.73 Å². The summed E-state index contributed by atoms with van der Waals surface area (Å²) < 4.78 is 5.77. The molecular formula is C17H20ClNO. The molecule has 0 amide bonds. The highest BCUT2D eigenvalue weighted by Gasteiger charge is 2.04. The van der Waals surface area contributed by atoms with Crippen molar-refractivity contribution in [3.8, 4) is 5.75 Å². The monoisotopic (exact) mass is 289 g/mol. The van der Waals surface area contributed by atoms with Gasteiger partial charge in [0.1, 0.15) is 12.4 Å². The first kappa shape index (κ1) is 14.9. The second-order valence-corrected chi connectivity index (χ2v) is 5.55. The third-order valence-corrected chi connectivity index (χ3v) is 3.65. The van der Waals surface area contributed by atoms with Crippen LogP contribution in [0.1, 0.15) is 36.5 Å². The van der Waals surface area contributed by atoms with E-state index in [0.29, 0.717) is 24.1 Å². The van der Waals surface area contributed by atoms with Crippen molar-refractivity contribution in [2.45, 2.75) is 32.9 Å². The zero-order valence-corrected chi connectivity index (χ0v) is 12.7. The minimum absolute atomic E-state index is 0.463. The zero-order valence-electron chi connectivity index (χ0n) is 11.9. The summed E-state index contributed by atoms with van der Waals surface area (Å²) in [6.45, 7) is 5.31. The van der Waals surface area contributed by atoms with Gasteiger partial charge in [-0.2, -0.15) is 0 Å². The second kappa shape index (κ2) is 6.78. The molecule has 20 heavy (non-hydrogen) atoms. The quantitative estimate of drug-likeness (QED) is 0.879. The van der Waals surface area contributed by atoms with Crippen molar-refractivity contribution >= 4 is 11.6 Å². The molecule has 0 saturated carbocycles. The number of nitrogens with two attached hydrogens (primary N) is 1. The molecule has 2 rings (SSSR count). The normalized spacial score (nSPS) is 10.8. The molecule has 0 heterocycles. The van der Waals surface area contributed by atoms with Crippen molar-refractivity contribution in [2.75, 3.05) is 0 Å². The molecular weight excluding hydrogens is 270 g/mol. The summed E-state index contributed by atoms with van der Waals surface area (Å²) in [5.41, 5.74) is 8.89. The van der Waals surface area contributed by atoms with E-state index < -0.39 is 0 Å². The van der Waals surface area contributed by atoms with Crippen molar-refractivity contribution in [1.82, 2.24) is 0 Å². The van der Waals surface area contributed by atoms with Crippen molar-refractivity contribution in [1.29, 1.82) is 0 Å². The topological polar surface area (TPSA) is 35.2 Å². The summed E-state index contributed by atoms with van der Waals surface area (Å²) in [5, 5.41) is 0.701. The Bertz CT molecular complexity index is 564. The summed E-state index contributed by atoms with van der Waals surface area (Å²) in [6.07, 6.45) is 0. The lowest BCUT2D eigenvalue weighted by Gasteiger charge is -2.10. The van der Waals surface area contributed by atoms with E-state index in [9.17, 15) is 0 Å². The summed E-state index contributed by atoms with van der Waals surface area (Å²) in [7, 11) is 0. The van der Waals surface area contributed by atoms with Crippen LogP contribution in [0.25, 0.3) is 0 Å². The van der Waals surface area contributed by atoms with E-state index in [1.54, 1.807) is 0 Å². The van der Waals surface area contributed by atoms with Crippen molar-refractivity contribution < 1.29 is 4.74 Å². The summed E-state index contributed by atoms with van der Waals surface area (Å²) in [6, 6.07) is 14.0. The number of hydrogen-bond donors (Lipinski definition) is 1. The van der Waals surface area contributed by atoms with Gasteiger partial charge in [0.15, 0.2) is 0 Å². The second-order valence-electron chi connectivity index (χ2n) is 5.14. The molecule has 0 aromatic heterocycles. The summed E-state index contributed by atoms with van der Waals surface area (Å²) >= 11 is 6.21. The van der Waals surface area contributed by atoms with Gasteiger partial charge in [0.2, 0.25) is 0 Å². The Morgan fingerprint density at radius 3 is 2.35 bits per heavy atom. The van der Waals surface area contributed by atoms with Crippen molar-refractivity contribution in [3.05, 3.63) is 64.2 Å². The summed E-state index contributed by atoms with van der Waals surface area (Å²) in [4.78, 5) is 0. The van der Waals surface area contributed by atoms with Crippen LogP contribution in [0.4, 0.5) is 0 Å². The Balaban J connectivity index is 2.01. The van der Waals surface area contributed by atoms with Gasteiger partial charge in [-0.15, -0.1) is 0 Å². The largest absolute Gasteiger partial charge is 0.489 e. The molecule has 2 nitrogen and oxygen atoms in total. The molecule has 0 unspecified atom stereocenters. The average Bonchev–Trinajstić information content (AvgIpc) is 2.46. The number of rotatable bonds is 5. The van der Waals surface area contributed by atoms with Gasteiger partial charge in [-0.1, -0.05) is 49.7 Å². The first-order valence-electron chi connectivity index (χ1n) is 6.80. The lowest BCUT2D eigenvalue weighted by atomic mass is 10.0. The molecule has 0 spiro atoms. The maximum absolute atomic E-state index is 6.21. The predicted molar refractivity (Wildman–Crippen MR) is 84.2 cm³/mol. The Labute approximate surface area is 125 Å². The lowest BCUT2D eigenvalue weighted by Crippen LogP contribution is -2.00. The van der Waals surface area contributed by atoms with Gasteiger partial charge in [0, 0.05) is 17.1 Å². The molecule has 0 fully saturated rings. The fourth-order valence-electron chi connectivity index (χ4n) is 1.94. The number of benzene rings is 2. The van der Waals surface area contributed by atoms with E-state index >= 15 is 0 Å². The Morgan fingerprint density at radius 2 is 1.80 bits per heavy atom. The van der Waals surface area contributed by atoms with Gasteiger partial charge in [-0.25, -0.2) is 0 Å². The Morgan fingerprint density at radius 1 is 1.10 bits per heavy atom. The fourth-order valence-corrected chi connectivity index (χ4v) is 2.20. The van der Waals surface area contributed by atoms with Crippen LogP contribution < -0.4 is 10.5 Å². The van der Waals surface area contributed by atoms with Gasteiger partial charge in [0.25, 0.3) is 0 Å². The van der Waals surface area contributed by atoms with Crippen LogP contribution in [0.15, 0.2) is 42.5 Å². The maximum Gasteiger partial charge on any atom is 0.119 e. The molecule has 0 aliphatic rings.